The van der Waals surface area contributed by atoms with E-state index in [-0.39, 0.29) is 42.2 Å². The van der Waals surface area contributed by atoms with E-state index >= 15 is 0 Å². The van der Waals surface area contributed by atoms with E-state index in [0.29, 0.717) is 22.3 Å². The van der Waals surface area contributed by atoms with Gasteiger partial charge in [0.2, 0.25) is 53.2 Å². The van der Waals surface area contributed by atoms with Crippen molar-refractivity contribution in [2.45, 2.75) is 95.3 Å². The van der Waals surface area contributed by atoms with E-state index in [1.807, 2.05) is 13.8 Å². The lowest BCUT2D eigenvalue weighted by Crippen LogP contribution is -2.59. The largest absolute Gasteiger partial charge is 0.508 e. The molecule has 4 aromatic rings. The molecular formula is C53H67N11O15S. The van der Waals surface area contributed by atoms with Gasteiger partial charge in [-0.2, -0.15) is 8.42 Å². The summed E-state index contributed by atoms with van der Waals surface area (Å²) in [7, 11) is -4.71. The standard InChI is InChI=1S/C53H67N11O15S/c1-30(2)20-39(49(55)71)62-51(73)40(24-33-10-8-7-9-11-33)61-45(69)28-57-42(66)25-56-44(68)27-60-52(74)48(63-46(70)29-58-43(67)26-59-50(72)38(54)23-34-12-16-36(65)17-13-34)53(5,6)47-32(4)21-31(3)22-41(47)79-80(77,78)37-18-14-35(15-19-37)64(75)76/h7-19,21-22,30,38-40,48,65H,20,23-29,54H2,1-6H3,(H2,55,71)(H,56,68)(H,57,66)(H,58,67)(H,59,72)(H,60,74)(H,61,69)(H,62,73)(H,63,70)/t38-,39-,40-,48?/m0/s1. The first-order chi connectivity index (χ1) is 37.6. The number of phenolic OH excluding ortho intramolecular Hbond substituents is 1. The minimum absolute atomic E-state index is 0.00338. The number of carbonyl (C=O) groups excluding carboxylic acids is 9. The number of carbonyl (C=O) groups is 9. The number of nitrogens with one attached hydrogen (secondary N) is 8. The summed E-state index contributed by atoms with van der Waals surface area (Å²) in [5.74, 6) is -7.83. The highest BCUT2D eigenvalue weighted by molar-refractivity contribution is 7.87. The van der Waals surface area contributed by atoms with E-state index in [9.17, 15) is 66.8 Å². The van der Waals surface area contributed by atoms with Crippen LogP contribution in [0, 0.1) is 29.9 Å². The van der Waals surface area contributed by atoms with Gasteiger partial charge in [0, 0.05) is 29.5 Å². The number of primary amides is 1. The maximum absolute atomic E-state index is 14.3. The van der Waals surface area contributed by atoms with E-state index in [4.69, 9.17) is 15.7 Å². The normalized spacial score (nSPS) is 12.8. The van der Waals surface area contributed by atoms with Gasteiger partial charge in [0.05, 0.1) is 43.7 Å². The van der Waals surface area contributed by atoms with Crippen LogP contribution in [0.1, 0.15) is 61.9 Å². The highest BCUT2D eigenvalue weighted by Crippen LogP contribution is 2.39. The second-order valence-corrected chi connectivity index (χ2v) is 21.2. The molecular weight excluding hydrogens is 1060 g/mol. The first-order valence-electron chi connectivity index (χ1n) is 25.0. The maximum atomic E-state index is 14.3. The third kappa shape index (κ3) is 19.8. The van der Waals surface area contributed by atoms with E-state index in [1.165, 1.54) is 32.0 Å². The second-order valence-electron chi connectivity index (χ2n) is 19.6. The molecule has 27 heteroatoms. The third-order valence-electron chi connectivity index (χ3n) is 12.1. The van der Waals surface area contributed by atoms with Gasteiger partial charge in [-0.1, -0.05) is 76.2 Å². The third-order valence-corrected chi connectivity index (χ3v) is 13.4. The van der Waals surface area contributed by atoms with Gasteiger partial charge in [-0.3, -0.25) is 53.3 Å². The molecule has 0 saturated carbocycles. The number of aryl methyl sites for hydroxylation is 2. The number of nitro groups is 1. The zero-order valence-electron chi connectivity index (χ0n) is 44.9. The van der Waals surface area contributed by atoms with Crippen LogP contribution in [-0.2, 0) is 71.5 Å². The zero-order chi connectivity index (χ0) is 59.5. The molecule has 0 radical (unpaired) electrons. The molecule has 430 valence electrons. The van der Waals surface area contributed by atoms with Gasteiger partial charge in [-0.15, -0.1) is 0 Å². The van der Waals surface area contributed by atoms with Crippen molar-refractivity contribution in [1.29, 1.82) is 0 Å². The summed E-state index contributed by atoms with van der Waals surface area (Å²) < 4.78 is 33.0. The van der Waals surface area contributed by atoms with Crippen molar-refractivity contribution in [3.05, 3.63) is 129 Å². The molecule has 0 aliphatic rings. The Morgan fingerprint density at radius 3 is 1.70 bits per heavy atom. The van der Waals surface area contributed by atoms with Gasteiger partial charge in [-0.25, -0.2) is 0 Å². The highest BCUT2D eigenvalue weighted by atomic mass is 32.2. The quantitative estimate of drug-likeness (QED) is 0.0183. The van der Waals surface area contributed by atoms with Crippen LogP contribution < -0.4 is 58.2 Å². The van der Waals surface area contributed by atoms with Gasteiger partial charge < -0.3 is 63.3 Å². The van der Waals surface area contributed by atoms with Crippen molar-refractivity contribution in [2.24, 2.45) is 17.4 Å². The summed E-state index contributed by atoms with van der Waals surface area (Å²) in [4.78, 5) is 128. The van der Waals surface area contributed by atoms with Crippen LogP contribution in [-0.4, -0.2) is 129 Å². The number of nitrogens with two attached hydrogens (primary N) is 2. The molecule has 4 aromatic carbocycles. The number of amides is 9. The fraction of sp³-hybridized carbons (Fsp3) is 0.377. The molecule has 4 rings (SSSR count). The van der Waals surface area contributed by atoms with Crippen LogP contribution in [0.25, 0.3) is 0 Å². The van der Waals surface area contributed by atoms with Crippen molar-refractivity contribution in [2.75, 3.05) is 32.7 Å². The lowest BCUT2D eigenvalue weighted by molar-refractivity contribution is -0.384. The number of hydrogen-bond donors (Lipinski definition) is 11. The number of non-ortho nitro benzene ring substituents is 1. The molecule has 80 heavy (non-hydrogen) atoms. The van der Waals surface area contributed by atoms with Gasteiger partial charge in [-0.05, 0) is 85.2 Å². The molecule has 0 aromatic heterocycles. The number of nitro benzene ring substituents is 1. The van der Waals surface area contributed by atoms with Crippen molar-refractivity contribution in [3.8, 4) is 11.5 Å². The number of benzene rings is 4. The average Bonchev–Trinajstić information content (AvgIpc) is 3.58. The molecule has 0 aliphatic carbocycles. The summed E-state index contributed by atoms with van der Waals surface area (Å²) in [5, 5.41) is 40.1. The predicted molar refractivity (Wildman–Crippen MR) is 289 cm³/mol. The van der Waals surface area contributed by atoms with E-state index in [0.717, 1.165) is 24.3 Å². The van der Waals surface area contributed by atoms with Crippen LogP contribution in [0.2, 0.25) is 0 Å². The van der Waals surface area contributed by atoms with Crippen molar-refractivity contribution < 1.29 is 65.8 Å². The van der Waals surface area contributed by atoms with Crippen LogP contribution >= 0.6 is 0 Å². The van der Waals surface area contributed by atoms with Crippen molar-refractivity contribution >= 4 is 69.0 Å². The summed E-state index contributed by atoms with van der Waals surface area (Å²) in [6, 6.07) is 16.5. The maximum Gasteiger partial charge on any atom is 0.339 e. The van der Waals surface area contributed by atoms with Gasteiger partial charge in [0.25, 0.3) is 5.69 Å². The van der Waals surface area contributed by atoms with Crippen LogP contribution in [0.5, 0.6) is 11.5 Å². The summed E-state index contributed by atoms with van der Waals surface area (Å²) >= 11 is 0. The van der Waals surface area contributed by atoms with E-state index in [2.05, 4.69) is 42.5 Å². The van der Waals surface area contributed by atoms with Crippen LogP contribution in [0.3, 0.4) is 0 Å². The summed E-state index contributed by atoms with van der Waals surface area (Å²) in [6.45, 7) is 6.28. The number of phenols is 1. The Labute approximate surface area is 461 Å². The minimum atomic E-state index is -4.71. The molecule has 0 bridgehead atoms. The van der Waals surface area contributed by atoms with Gasteiger partial charge >= 0.3 is 10.1 Å². The number of rotatable bonds is 29. The molecule has 0 saturated heterocycles. The van der Waals surface area contributed by atoms with Crippen LogP contribution in [0.4, 0.5) is 5.69 Å². The molecule has 9 amide bonds. The Bertz CT molecular complexity index is 3030. The minimum Gasteiger partial charge on any atom is -0.508 e. The second kappa shape index (κ2) is 29.1. The lowest BCUT2D eigenvalue weighted by atomic mass is 9.74. The molecule has 26 nitrogen and oxygen atoms in total. The molecule has 13 N–H and O–H groups in total. The van der Waals surface area contributed by atoms with Crippen molar-refractivity contribution in [1.82, 2.24) is 42.5 Å². The fourth-order valence-corrected chi connectivity index (χ4v) is 9.15. The highest BCUT2D eigenvalue weighted by Gasteiger charge is 2.42. The molecule has 0 spiro atoms. The van der Waals surface area contributed by atoms with E-state index in [1.54, 1.807) is 62.4 Å². The lowest BCUT2D eigenvalue weighted by Gasteiger charge is -2.36. The van der Waals surface area contributed by atoms with Crippen molar-refractivity contribution in [3.63, 3.8) is 0 Å². The van der Waals surface area contributed by atoms with Crippen LogP contribution in [0.15, 0.2) is 95.9 Å². The number of hydrogen-bond acceptors (Lipinski definition) is 16. The average molecular weight is 1130 g/mol. The zero-order valence-corrected chi connectivity index (χ0v) is 45.7. The number of aromatic hydroxyl groups is 1. The summed E-state index contributed by atoms with van der Waals surface area (Å²) in [6.07, 6.45) is 0.341. The monoisotopic (exact) mass is 1130 g/mol. The Hall–Kier alpha value is -8.98. The fourth-order valence-electron chi connectivity index (χ4n) is 8.22. The first kappa shape index (κ1) is 63.6. The SMILES string of the molecule is Cc1cc(C)c(C(C)(C)C(NC(=O)CNC(=O)CNC(=O)[C@@H](N)Cc2ccc(O)cc2)C(=O)NCC(=O)NCC(=O)NCC(=O)N[C@@H](Cc2ccccc2)C(=O)N[C@@H](CC(C)C)C(N)=O)c(OS(=O)(=O)c2ccc([N+](=O)[O-])cc2)c1. The van der Waals surface area contributed by atoms with E-state index < -0.39 is 141 Å². The Kier molecular flexibility index (Phi) is 23.1. The molecule has 4 atom stereocenters. The Morgan fingerprint density at radius 2 is 1.16 bits per heavy atom. The molecule has 0 fully saturated rings. The predicted octanol–water partition coefficient (Wildman–Crippen LogP) is -0.658. The topological polar surface area (TPSA) is 409 Å². The number of nitrogens with zero attached hydrogens (tertiary/aromatic N) is 1. The summed E-state index contributed by atoms with van der Waals surface area (Å²) in [5.41, 5.74) is 11.7. The molecule has 0 heterocycles. The van der Waals surface area contributed by atoms with Gasteiger partial charge in [0.1, 0.15) is 34.5 Å². The Morgan fingerprint density at radius 1 is 0.650 bits per heavy atom. The van der Waals surface area contributed by atoms with Gasteiger partial charge in [0.15, 0.2) is 0 Å². The first-order valence-corrected chi connectivity index (χ1v) is 26.4. The smallest absolute Gasteiger partial charge is 0.339 e. The Balaban J connectivity index is 1.46. The molecule has 1 unspecified atom stereocenters. The molecule has 0 aliphatic heterocycles.